The molecular weight excluding hydrogens is 248 g/mol. The number of nitro groups is 1. The van der Waals surface area contributed by atoms with Gasteiger partial charge in [-0.15, -0.1) is 0 Å². The highest BCUT2D eigenvalue weighted by Gasteiger charge is 2.14. The van der Waals surface area contributed by atoms with Crippen molar-refractivity contribution in [2.45, 2.75) is 33.3 Å². The number of anilines is 1. The van der Waals surface area contributed by atoms with Crippen molar-refractivity contribution in [1.29, 1.82) is 0 Å². The average Bonchev–Trinajstić information content (AvgIpc) is 2.25. The van der Waals surface area contributed by atoms with Crippen LogP contribution in [-0.2, 0) is 9.53 Å². The molecule has 6 nitrogen and oxygen atoms in total. The van der Waals surface area contributed by atoms with Gasteiger partial charge in [0.15, 0.2) is 0 Å². The zero-order valence-corrected chi connectivity index (χ0v) is 11.5. The smallest absolute Gasteiger partial charge is 0.272 e. The van der Waals surface area contributed by atoms with E-state index in [1.54, 1.807) is 13.0 Å². The lowest BCUT2D eigenvalue weighted by atomic mass is 10.2. The first-order valence-corrected chi connectivity index (χ1v) is 5.88. The van der Waals surface area contributed by atoms with E-state index >= 15 is 0 Å². The van der Waals surface area contributed by atoms with Crippen LogP contribution in [0.5, 0.6) is 0 Å². The highest BCUT2D eigenvalue weighted by molar-refractivity contribution is 5.91. The molecule has 6 heteroatoms. The quantitative estimate of drug-likeness (QED) is 0.671. The van der Waals surface area contributed by atoms with Crippen molar-refractivity contribution in [1.82, 2.24) is 0 Å². The third kappa shape index (κ3) is 5.05. The fourth-order valence-corrected chi connectivity index (χ4v) is 1.42. The number of hydrogen-bond acceptors (Lipinski definition) is 4. The second kappa shape index (κ2) is 5.79. The summed E-state index contributed by atoms with van der Waals surface area (Å²) in [6.07, 6.45) is 0. The first-order chi connectivity index (χ1) is 8.69. The Kier molecular flexibility index (Phi) is 4.61. The van der Waals surface area contributed by atoms with Crippen molar-refractivity contribution in [2.75, 3.05) is 11.9 Å². The number of aryl methyl sites for hydroxylation is 1. The van der Waals surface area contributed by atoms with E-state index < -0.39 is 4.92 Å². The van der Waals surface area contributed by atoms with Gasteiger partial charge in [0.2, 0.25) is 5.91 Å². The molecule has 0 bridgehead atoms. The van der Waals surface area contributed by atoms with Gasteiger partial charge in [-0.1, -0.05) is 0 Å². The zero-order chi connectivity index (χ0) is 14.6. The Labute approximate surface area is 111 Å². The molecule has 0 radical (unpaired) electrons. The molecule has 104 valence electrons. The Hall–Kier alpha value is -1.95. The fourth-order valence-electron chi connectivity index (χ4n) is 1.42. The minimum atomic E-state index is -0.455. The molecule has 1 aromatic carbocycles. The summed E-state index contributed by atoms with van der Waals surface area (Å²) in [6.45, 7) is 7.14. The summed E-state index contributed by atoms with van der Waals surface area (Å²) >= 11 is 0. The van der Waals surface area contributed by atoms with Crippen LogP contribution in [0.2, 0.25) is 0 Å². The van der Waals surface area contributed by atoms with Gasteiger partial charge in [-0.3, -0.25) is 14.9 Å². The van der Waals surface area contributed by atoms with E-state index in [4.69, 9.17) is 4.74 Å². The molecule has 1 rings (SSSR count). The summed E-state index contributed by atoms with van der Waals surface area (Å²) < 4.78 is 5.34. The first kappa shape index (κ1) is 15.1. The summed E-state index contributed by atoms with van der Waals surface area (Å²) in [4.78, 5) is 21.8. The van der Waals surface area contributed by atoms with Crippen LogP contribution in [0.1, 0.15) is 26.3 Å². The third-order valence-corrected chi connectivity index (χ3v) is 2.31. The van der Waals surface area contributed by atoms with Crippen molar-refractivity contribution >= 4 is 17.3 Å². The molecule has 19 heavy (non-hydrogen) atoms. The molecule has 0 aliphatic rings. The lowest BCUT2D eigenvalue weighted by Gasteiger charge is -2.19. The molecule has 0 fully saturated rings. The Balaban J connectivity index is 2.65. The monoisotopic (exact) mass is 266 g/mol. The molecule has 1 amide bonds. The van der Waals surface area contributed by atoms with Gasteiger partial charge in [0.05, 0.1) is 10.5 Å². The average molecular weight is 266 g/mol. The van der Waals surface area contributed by atoms with Gasteiger partial charge < -0.3 is 10.1 Å². The lowest BCUT2D eigenvalue weighted by molar-refractivity contribution is -0.385. The van der Waals surface area contributed by atoms with Gasteiger partial charge >= 0.3 is 0 Å². The minimum absolute atomic E-state index is 0.0314. The Morgan fingerprint density at radius 2 is 2.05 bits per heavy atom. The summed E-state index contributed by atoms with van der Waals surface area (Å²) in [7, 11) is 0. The van der Waals surface area contributed by atoms with Gasteiger partial charge in [0.1, 0.15) is 6.61 Å². The van der Waals surface area contributed by atoms with E-state index in [2.05, 4.69) is 5.32 Å². The van der Waals surface area contributed by atoms with Crippen LogP contribution in [0.4, 0.5) is 11.4 Å². The molecule has 1 N–H and O–H groups in total. The van der Waals surface area contributed by atoms with Gasteiger partial charge in [0.25, 0.3) is 5.69 Å². The van der Waals surface area contributed by atoms with E-state index in [-0.39, 0.29) is 23.8 Å². The normalized spacial score (nSPS) is 11.2. The summed E-state index contributed by atoms with van der Waals surface area (Å²) in [5.41, 5.74) is 0.664. The zero-order valence-electron chi connectivity index (χ0n) is 11.5. The van der Waals surface area contributed by atoms with Crippen molar-refractivity contribution in [3.8, 4) is 0 Å². The van der Waals surface area contributed by atoms with Gasteiger partial charge in [-0.2, -0.15) is 0 Å². The van der Waals surface area contributed by atoms with Crippen molar-refractivity contribution < 1.29 is 14.5 Å². The van der Waals surface area contributed by atoms with E-state index in [0.717, 1.165) is 0 Å². The molecule has 0 aromatic heterocycles. The summed E-state index contributed by atoms with van der Waals surface area (Å²) in [5.74, 6) is -0.289. The first-order valence-electron chi connectivity index (χ1n) is 5.88. The van der Waals surface area contributed by atoms with Crippen LogP contribution in [0.15, 0.2) is 18.2 Å². The Morgan fingerprint density at radius 3 is 2.53 bits per heavy atom. The van der Waals surface area contributed by atoms with Crippen LogP contribution in [-0.4, -0.2) is 23.0 Å². The number of ether oxygens (including phenoxy) is 1. The Morgan fingerprint density at radius 1 is 1.42 bits per heavy atom. The minimum Gasteiger partial charge on any atom is -0.366 e. The number of hydrogen-bond donors (Lipinski definition) is 1. The number of benzene rings is 1. The second-order valence-corrected chi connectivity index (χ2v) is 5.21. The van der Waals surface area contributed by atoms with Gasteiger partial charge in [0, 0.05) is 17.3 Å². The second-order valence-electron chi connectivity index (χ2n) is 5.21. The maximum absolute atomic E-state index is 11.6. The van der Waals surface area contributed by atoms with Gasteiger partial charge in [-0.25, -0.2) is 0 Å². The summed E-state index contributed by atoms with van der Waals surface area (Å²) in [6, 6.07) is 4.43. The molecule has 0 aliphatic heterocycles. The lowest BCUT2D eigenvalue weighted by Crippen LogP contribution is -2.27. The van der Waals surface area contributed by atoms with Crippen molar-refractivity contribution in [3.05, 3.63) is 33.9 Å². The molecule has 0 unspecified atom stereocenters. The molecule has 1 aromatic rings. The molecule has 0 saturated heterocycles. The highest BCUT2D eigenvalue weighted by atomic mass is 16.6. The molecule has 0 atom stereocenters. The van der Waals surface area contributed by atoms with E-state index in [9.17, 15) is 14.9 Å². The van der Waals surface area contributed by atoms with E-state index in [1.165, 1.54) is 12.1 Å². The molecule has 0 aliphatic carbocycles. The van der Waals surface area contributed by atoms with Gasteiger partial charge in [-0.05, 0) is 39.8 Å². The predicted octanol–water partition coefficient (Wildman–Crippen LogP) is 2.66. The third-order valence-electron chi connectivity index (χ3n) is 2.31. The highest BCUT2D eigenvalue weighted by Crippen LogP contribution is 2.21. The number of nitrogens with one attached hydrogen (secondary N) is 1. The maximum atomic E-state index is 11.6. The van der Waals surface area contributed by atoms with Crippen molar-refractivity contribution in [3.63, 3.8) is 0 Å². The number of rotatable bonds is 4. The van der Waals surface area contributed by atoms with Crippen LogP contribution >= 0.6 is 0 Å². The van der Waals surface area contributed by atoms with Crippen molar-refractivity contribution in [2.24, 2.45) is 0 Å². The van der Waals surface area contributed by atoms with Crippen LogP contribution in [0.25, 0.3) is 0 Å². The Bertz CT molecular complexity index is 492. The maximum Gasteiger partial charge on any atom is 0.272 e. The number of carbonyl (C=O) groups is 1. The number of nitro benzene ring substituents is 1. The standard InChI is InChI=1S/C13H18N2O4/c1-9-7-10(5-6-11(9)15(17)18)14-12(16)8-19-13(2,3)4/h5-7H,8H2,1-4H3,(H,14,16). The predicted molar refractivity (Wildman–Crippen MR) is 72.2 cm³/mol. The van der Waals surface area contributed by atoms with Crippen LogP contribution < -0.4 is 5.32 Å². The SMILES string of the molecule is Cc1cc(NC(=O)COC(C)(C)C)ccc1[N+](=O)[O-]. The largest absolute Gasteiger partial charge is 0.366 e. The van der Waals surface area contributed by atoms with E-state index in [1.807, 2.05) is 20.8 Å². The van der Waals surface area contributed by atoms with Crippen LogP contribution in [0, 0.1) is 17.0 Å². The number of carbonyl (C=O) groups excluding carboxylic acids is 1. The van der Waals surface area contributed by atoms with Crippen LogP contribution in [0.3, 0.4) is 0 Å². The summed E-state index contributed by atoms with van der Waals surface area (Å²) in [5, 5.41) is 13.3. The molecule has 0 spiro atoms. The molecular formula is C13H18N2O4. The molecule has 0 heterocycles. The fraction of sp³-hybridized carbons (Fsp3) is 0.462. The number of amides is 1. The van der Waals surface area contributed by atoms with E-state index in [0.29, 0.717) is 11.3 Å². The topological polar surface area (TPSA) is 81.5 Å². The molecule has 0 saturated carbocycles. The number of nitrogens with zero attached hydrogens (tertiary/aromatic N) is 1.